The molecule has 3 nitrogen and oxygen atoms in total. The molecule has 1 aromatic carbocycles. The van der Waals surface area contributed by atoms with Gasteiger partial charge in [-0.1, -0.05) is 38.7 Å². The van der Waals surface area contributed by atoms with Crippen molar-refractivity contribution < 1.29 is 9.90 Å². The second-order valence-electron chi connectivity index (χ2n) is 5.35. The van der Waals surface area contributed by atoms with Gasteiger partial charge in [0.15, 0.2) is 0 Å². The van der Waals surface area contributed by atoms with Gasteiger partial charge < -0.3 is 10.4 Å². The predicted octanol–water partition coefficient (Wildman–Crippen LogP) is 2.96. The molecule has 108 valence electrons. The number of benzene rings is 1. The number of amides is 1. The van der Waals surface area contributed by atoms with Crippen molar-refractivity contribution in [1.29, 1.82) is 0 Å². The van der Waals surface area contributed by atoms with E-state index in [1.54, 1.807) is 0 Å². The Morgan fingerprint density at radius 1 is 1.35 bits per heavy atom. The Kier molecular flexibility index (Phi) is 6.27. The highest BCUT2D eigenvalue weighted by molar-refractivity contribution is 5.93. The minimum atomic E-state index is -0.0467. The molecule has 0 aliphatic rings. The highest BCUT2D eigenvalue weighted by Gasteiger charge is 2.17. The zero-order valence-corrected chi connectivity index (χ0v) is 12.7. The smallest absolute Gasteiger partial charge is 0.227 e. The zero-order chi connectivity index (χ0) is 15.1. The average Bonchev–Trinajstić information content (AvgIpc) is 2.40. The predicted molar refractivity (Wildman–Crippen MR) is 82.4 cm³/mol. The van der Waals surface area contributed by atoms with Gasteiger partial charge in [-0.05, 0) is 30.5 Å². The molecule has 3 heteroatoms. The Balaban J connectivity index is 2.95. The third kappa shape index (κ3) is 4.71. The van der Waals surface area contributed by atoms with E-state index in [1.807, 2.05) is 45.9 Å². The molecule has 0 spiro atoms. The quantitative estimate of drug-likeness (QED) is 0.829. The van der Waals surface area contributed by atoms with Crippen molar-refractivity contribution in [3.63, 3.8) is 0 Å². The molecule has 0 aromatic heterocycles. The lowest BCUT2D eigenvalue weighted by molar-refractivity contribution is -0.120. The number of aliphatic hydroxyl groups is 1. The lowest BCUT2D eigenvalue weighted by Gasteiger charge is -2.16. The van der Waals surface area contributed by atoms with Crippen LogP contribution in [-0.2, 0) is 4.79 Å². The van der Waals surface area contributed by atoms with Crippen molar-refractivity contribution in [1.82, 2.24) is 0 Å². The summed E-state index contributed by atoms with van der Waals surface area (Å²) in [7, 11) is 0. The Morgan fingerprint density at radius 2 is 2.05 bits per heavy atom. The fourth-order valence-corrected chi connectivity index (χ4v) is 1.63. The van der Waals surface area contributed by atoms with Crippen LogP contribution in [0.2, 0.25) is 0 Å². The van der Waals surface area contributed by atoms with E-state index >= 15 is 0 Å². The molecule has 1 aromatic rings. The first kappa shape index (κ1) is 16.3. The summed E-state index contributed by atoms with van der Waals surface area (Å²) in [6.45, 7) is 8.01. The van der Waals surface area contributed by atoms with Gasteiger partial charge in [0, 0.05) is 17.9 Å². The van der Waals surface area contributed by atoms with E-state index in [0.29, 0.717) is 12.3 Å². The van der Waals surface area contributed by atoms with Gasteiger partial charge in [0.25, 0.3) is 0 Å². The highest BCUT2D eigenvalue weighted by atomic mass is 16.2. The van der Waals surface area contributed by atoms with Crippen LogP contribution in [0, 0.1) is 30.6 Å². The van der Waals surface area contributed by atoms with Crippen LogP contribution in [0.15, 0.2) is 18.2 Å². The Labute approximate surface area is 121 Å². The van der Waals surface area contributed by atoms with Crippen molar-refractivity contribution in [2.45, 2.75) is 34.1 Å². The maximum absolute atomic E-state index is 12.1. The molecule has 0 aliphatic carbocycles. The summed E-state index contributed by atoms with van der Waals surface area (Å²) >= 11 is 0. The number of rotatable bonds is 4. The number of carbonyl (C=O) groups is 1. The zero-order valence-electron chi connectivity index (χ0n) is 12.7. The minimum absolute atomic E-state index is 0.00839. The van der Waals surface area contributed by atoms with E-state index in [-0.39, 0.29) is 18.4 Å². The molecule has 2 N–H and O–H groups in total. The second kappa shape index (κ2) is 7.72. The van der Waals surface area contributed by atoms with Crippen molar-refractivity contribution in [2.24, 2.45) is 11.8 Å². The van der Waals surface area contributed by atoms with E-state index in [9.17, 15) is 4.79 Å². The summed E-state index contributed by atoms with van der Waals surface area (Å²) in [6, 6.07) is 5.77. The number of anilines is 1. The summed E-state index contributed by atoms with van der Waals surface area (Å²) in [5.74, 6) is 6.15. The number of carbonyl (C=O) groups excluding carboxylic acids is 1. The van der Waals surface area contributed by atoms with Crippen LogP contribution in [-0.4, -0.2) is 17.6 Å². The molecular weight excluding hydrogens is 250 g/mol. The summed E-state index contributed by atoms with van der Waals surface area (Å²) in [5.41, 5.74) is 2.62. The molecular formula is C17H23NO2. The third-order valence-corrected chi connectivity index (χ3v) is 3.31. The number of nitrogens with one attached hydrogen (secondary N) is 1. The lowest BCUT2D eigenvalue weighted by Crippen LogP contribution is -2.24. The fraction of sp³-hybridized carbons (Fsp3) is 0.471. The van der Waals surface area contributed by atoms with Crippen LogP contribution < -0.4 is 5.32 Å². The van der Waals surface area contributed by atoms with Gasteiger partial charge >= 0.3 is 0 Å². The van der Waals surface area contributed by atoms with E-state index < -0.39 is 0 Å². The monoisotopic (exact) mass is 273 g/mol. The van der Waals surface area contributed by atoms with Crippen LogP contribution >= 0.6 is 0 Å². The topological polar surface area (TPSA) is 49.3 Å². The Hall–Kier alpha value is -1.79. The molecule has 20 heavy (non-hydrogen) atoms. The van der Waals surface area contributed by atoms with Crippen molar-refractivity contribution in [2.75, 3.05) is 11.9 Å². The molecule has 0 saturated heterocycles. The first-order valence-corrected chi connectivity index (χ1v) is 6.97. The maximum atomic E-state index is 12.1. The normalized spacial score (nSPS) is 11.7. The molecule has 1 atom stereocenters. The number of hydrogen-bond acceptors (Lipinski definition) is 2. The van der Waals surface area contributed by atoms with E-state index in [0.717, 1.165) is 16.8 Å². The first-order chi connectivity index (χ1) is 9.45. The van der Waals surface area contributed by atoms with Crippen LogP contribution in [0.5, 0.6) is 0 Å². The van der Waals surface area contributed by atoms with E-state index in [1.165, 1.54) is 0 Å². The summed E-state index contributed by atoms with van der Waals surface area (Å²) < 4.78 is 0. The second-order valence-corrected chi connectivity index (χ2v) is 5.35. The first-order valence-electron chi connectivity index (χ1n) is 6.97. The van der Waals surface area contributed by atoms with Crippen molar-refractivity contribution in [3.05, 3.63) is 29.3 Å². The van der Waals surface area contributed by atoms with E-state index in [4.69, 9.17) is 5.11 Å². The van der Waals surface area contributed by atoms with Gasteiger partial charge in [0.2, 0.25) is 5.91 Å². The highest BCUT2D eigenvalue weighted by Crippen LogP contribution is 2.19. The molecule has 0 bridgehead atoms. The summed E-state index contributed by atoms with van der Waals surface area (Å²) in [4.78, 5) is 12.1. The Bertz CT molecular complexity index is 524. The SMILES string of the molecule is Cc1ccc(NC(=O)C(C)C(C)C)c(C#CCCO)c1. The van der Waals surface area contributed by atoms with Gasteiger partial charge in [-0.2, -0.15) is 0 Å². The minimum Gasteiger partial charge on any atom is -0.395 e. The number of hydrogen-bond donors (Lipinski definition) is 2. The van der Waals surface area contributed by atoms with Gasteiger partial charge in [0.1, 0.15) is 0 Å². The Morgan fingerprint density at radius 3 is 2.65 bits per heavy atom. The maximum Gasteiger partial charge on any atom is 0.227 e. The molecule has 0 heterocycles. The lowest BCUT2D eigenvalue weighted by atomic mass is 9.97. The van der Waals surface area contributed by atoms with Crippen LogP contribution in [0.3, 0.4) is 0 Å². The largest absolute Gasteiger partial charge is 0.395 e. The fourth-order valence-electron chi connectivity index (χ4n) is 1.63. The summed E-state index contributed by atoms with van der Waals surface area (Å²) in [5, 5.41) is 11.7. The van der Waals surface area contributed by atoms with Crippen molar-refractivity contribution >= 4 is 11.6 Å². The molecule has 0 saturated carbocycles. The standard InChI is InChI=1S/C17H23NO2/c1-12(2)14(4)17(20)18-16-9-8-13(3)11-15(16)7-5-6-10-19/h8-9,11-12,14,19H,6,10H2,1-4H3,(H,18,20). The molecule has 1 unspecified atom stereocenters. The van der Waals surface area contributed by atoms with Crippen LogP contribution in [0.4, 0.5) is 5.69 Å². The van der Waals surface area contributed by atoms with Gasteiger partial charge in [0.05, 0.1) is 12.3 Å². The molecule has 0 aliphatic heterocycles. The summed E-state index contributed by atoms with van der Waals surface area (Å²) in [6.07, 6.45) is 0.434. The molecule has 1 rings (SSSR count). The van der Waals surface area contributed by atoms with E-state index in [2.05, 4.69) is 17.2 Å². The molecule has 1 amide bonds. The van der Waals surface area contributed by atoms with Gasteiger partial charge in [-0.3, -0.25) is 4.79 Å². The molecule has 0 fully saturated rings. The average molecular weight is 273 g/mol. The number of aliphatic hydroxyl groups excluding tert-OH is 1. The number of aryl methyl sites for hydroxylation is 1. The third-order valence-electron chi connectivity index (χ3n) is 3.31. The van der Waals surface area contributed by atoms with Crippen LogP contribution in [0.25, 0.3) is 0 Å². The van der Waals surface area contributed by atoms with Crippen molar-refractivity contribution in [3.8, 4) is 11.8 Å². The molecule has 0 radical (unpaired) electrons. The van der Waals surface area contributed by atoms with Gasteiger partial charge in [-0.15, -0.1) is 0 Å². The van der Waals surface area contributed by atoms with Gasteiger partial charge in [-0.25, -0.2) is 0 Å². The van der Waals surface area contributed by atoms with Crippen LogP contribution in [0.1, 0.15) is 38.3 Å².